The normalized spacial score (nSPS) is 12.3. The lowest BCUT2D eigenvalue weighted by Crippen LogP contribution is -2.26. The van der Waals surface area contributed by atoms with Crippen LogP contribution in [0.4, 0.5) is 0 Å². The van der Waals surface area contributed by atoms with Gasteiger partial charge in [0.25, 0.3) is 0 Å². The topological polar surface area (TPSA) is 21.3 Å². The summed E-state index contributed by atoms with van der Waals surface area (Å²) in [6.07, 6.45) is 3.45. The van der Waals surface area contributed by atoms with Crippen LogP contribution in [-0.2, 0) is 12.8 Å². The molecule has 2 aromatic rings. The Kier molecular flexibility index (Phi) is 6.77. The maximum atomic E-state index is 5.23. The summed E-state index contributed by atoms with van der Waals surface area (Å²) < 4.78 is 5.23. The van der Waals surface area contributed by atoms with Gasteiger partial charge < -0.3 is 10.1 Å². The molecular formula is C18H25NOS. The lowest BCUT2D eigenvalue weighted by molar-refractivity contribution is 0.414. The summed E-state index contributed by atoms with van der Waals surface area (Å²) in [5.74, 6) is 1.57. The first kappa shape index (κ1) is 16.1. The second kappa shape index (κ2) is 8.85. The van der Waals surface area contributed by atoms with Crippen molar-refractivity contribution in [2.24, 2.45) is 5.92 Å². The number of ether oxygens (including phenoxy) is 1. The van der Waals surface area contributed by atoms with Crippen LogP contribution in [0.2, 0.25) is 0 Å². The van der Waals surface area contributed by atoms with Crippen molar-refractivity contribution in [2.75, 3.05) is 20.2 Å². The Labute approximate surface area is 132 Å². The highest BCUT2D eigenvalue weighted by molar-refractivity contribution is 7.09. The van der Waals surface area contributed by atoms with Gasteiger partial charge in [-0.25, -0.2) is 0 Å². The SMILES string of the molecule is CCCNCC(Cc1ccc(OC)cc1)Cc1cccs1. The molecule has 1 aromatic carbocycles. The molecule has 0 aliphatic carbocycles. The van der Waals surface area contributed by atoms with Crippen molar-refractivity contribution < 1.29 is 4.74 Å². The first-order chi connectivity index (χ1) is 10.3. The van der Waals surface area contributed by atoms with Crippen molar-refractivity contribution in [2.45, 2.75) is 26.2 Å². The smallest absolute Gasteiger partial charge is 0.118 e. The Morgan fingerprint density at radius 1 is 1.14 bits per heavy atom. The fraction of sp³-hybridized carbons (Fsp3) is 0.444. The molecule has 0 saturated heterocycles. The quantitative estimate of drug-likeness (QED) is 0.702. The number of methoxy groups -OCH3 is 1. The minimum absolute atomic E-state index is 0.642. The number of hydrogen-bond acceptors (Lipinski definition) is 3. The summed E-state index contributed by atoms with van der Waals surface area (Å²) in [7, 11) is 1.71. The minimum Gasteiger partial charge on any atom is -0.497 e. The van der Waals surface area contributed by atoms with E-state index in [0.29, 0.717) is 5.92 Å². The van der Waals surface area contributed by atoms with Gasteiger partial charge in [0.1, 0.15) is 5.75 Å². The maximum Gasteiger partial charge on any atom is 0.118 e. The molecule has 1 unspecified atom stereocenters. The third kappa shape index (κ3) is 5.52. The van der Waals surface area contributed by atoms with Crippen molar-refractivity contribution in [3.63, 3.8) is 0 Å². The van der Waals surface area contributed by atoms with E-state index < -0.39 is 0 Å². The van der Waals surface area contributed by atoms with Crippen LogP contribution in [0.1, 0.15) is 23.8 Å². The van der Waals surface area contributed by atoms with E-state index in [1.54, 1.807) is 7.11 Å². The Hall–Kier alpha value is -1.32. The summed E-state index contributed by atoms with van der Waals surface area (Å²) in [6, 6.07) is 12.9. The van der Waals surface area contributed by atoms with Crippen LogP contribution in [0.5, 0.6) is 5.75 Å². The molecule has 0 radical (unpaired) electrons. The van der Waals surface area contributed by atoms with E-state index in [4.69, 9.17) is 4.74 Å². The van der Waals surface area contributed by atoms with Crippen molar-refractivity contribution >= 4 is 11.3 Å². The number of thiophene rings is 1. The van der Waals surface area contributed by atoms with Gasteiger partial charge in [0, 0.05) is 4.88 Å². The molecule has 0 bridgehead atoms. The molecule has 0 saturated carbocycles. The third-order valence-corrected chi connectivity index (χ3v) is 4.51. The Balaban J connectivity index is 1.96. The zero-order valence-corrected chi connectivity index (χ0v) is 13.8. The number of benzene rings is 1. The van der Waals surface area contributed by atoms with Crippen LogP contribution in [0.15, 0.2) is 41.8 Å². The first-order valence-corrected chi connectivity index (χ1v) is 8.55. The molecule has 0 fully saturated rings. The van der Waals surface area contributed by atoms with E-state index in [1.165, 1.54) is 16.9 Å². The van der Waals surface area contributed by atoms with Crippen LogP contribution in [0, 0.1) is 5.92 Å². The molecule has 2 rings (SSSR count). The van der Waals surface area contributed by atoms with Gasteiger partial charge in [0.2, 0.25) is 0 Å². The summed E-state index contributed by atoms with van der Waals surface area (Å²) in [4.78, 5) is 1.48. The summed E-state index contributed by atoms with van der Waals surface area (Å²) in [5.41, 5.74) is 1.38. The minimum atomic E-state index is 0.642. The monoisotopic (exact) mass is 303 g/mol. The van der Waals surface area contributed by atoms with Crippen LogP contribution in [0.3, 0.4) is 0 Å². The molecule has 1 aromatic heterocycles. The van der Waals surface area contributed by atoms with Crippen molar-refractivity contribution in [3.8, 4) is 5.75 Å². The predicted molar refractivity (Wildman–Crippen MR) is 91.4 cm³/mol. The summed E-state index contributed by atoms with van der Waals surface area (Å²) in [5, 5.41) is 5.74. The van der Waals surface area contributed by atoms with E-state index >= 15 is 0 Å². The molecule has 0 amide bonds. The maximum absolute atomic E-state index is 5.23. The average molecular weight is 303 g/mol. The number of rotatable bonds is 9. The highest BCUT2D eigenvalue weighted by Gasteiger charge is 2.11. The van der Waals surface area contributed by atoms with Crippen LogP contribution in [-0.4, -0.2) is 20.2 Å². The fourth-order valence-corrected chi connectivity index (χ4v) is 3.33. The molecule has 0 aliphatic rings. The van der Waals surface area contributed by atoms with Gasteiger partial charge in [-0.15, -0.1) is 11.3 Å². The zero-order chi connectivity index (χ0) is 14.9. The van der Waals surface area contributed by atoms with Gasteiger partial charge in [0.05, 0.1) is 7.11 Å². The third-order valence-electron chi connectivity index (χ3n) is 3.61. The Morgan fingerprint density at radius 2 is 1.95 bits per heavy atom. The second-order valence-electron chi connectivity index (χ2n) is 5.41. The molecule has 2 nitrogen and oxygen atoms in total. The molecule has 3 heteroatoms. The van der Waals surface area contributed by atoms with Crippen molar-refractivity contribution in [3.05, 3.63) is 52.2 Å². The Bertz CT molecular complexity index is 492. The van der Waals surface area contributed by atoms with Crippen LogP contribution in [0.25, 0.3) is 0 Å². The van der Waals surface area contributed by atoms with Gasteiger partial charge in [0.15, 0.2) is 0 Å². The molecular weight excluding hydrogens is 278 g/mol. The summed E-state index contributed by atoms with van der Waals surface area (Å²) >= 11 is 1.86. The first-order valence-electron chi connectivity index (χ1n) is 7.67. The van der Waals surface area contributed by atoms with Crippen LogP contribution >= 0.6 is 11.3 Å². The molecule has 0 aliphatic heterocycles. The fourth-order valence-electron chi connectivity index (χ4n) is 2.51. The molecule has 114 valence electrons. The lowest BCUT2D eigenvalue weighted by atomic mass is 9.95. The molecule has 0 spiro atoms. The van der Waals surface area contributed by atoms with E-state index in [2.05, 4.69) is 54.0 Å². The zero-order valence-electron chi connectivity index (χ0n) is 13.0. The number of hydrogen-bond donors (Lipinski definition) is 1. The van der Waals surface area contributed by atoms with Gasteiger partial charge in [-0.1, -0.05) is 25.1 Å². The molecule has 1 N–H and O–H groups in total. The second-order valence-corrected chi connectivity index (χ2v) is 6.44. The summed E-state index contributed by atoms with van der Waals surface area (Å²) in [6.45, 7) is 4.39. The molecule has 1 atom stereocenters. The van der Waals surface area contributed by atoms with Crippen molar-refractivity contribution in [1.29, 1.82) is 0 Å². The molecule has 21 heavy (non-hydrogen) atoms. The molecule has 1 heterocycles. The van der Waals surface area contributed by atoms with E-state index in [-0.39, 0.29) is 0 Å². The highest BCUT2D eigenvalue weighted by Crippen LogP contribution is 2.19. The van der Waals surface area contributed by atoms with E-state index in [0.717, 1.165) is 31.7 Å². The highest BCUT2D eigenvalue weighted by atomic mass is 32.1. The lowest BCUT2D eigenvalue weighted by Gasteiger charge is -2.17. The van der Waals surface area contributed by atoms with Crippen molar-refractivity contribution in [1.82, 2.24) is 5.32 Å². The largest absolute Gasteiger partial charge is 0.497 e. The van der Waals surface area contributed by atoms with Gasteiger partial charge in [-0.05, 0) is 67.4 Å². The average Bonchev–Trinajstić information content (AvgIpc) is 3.01. The number of nitrogens with one attached hydrogen (secondary N) is 1. The van der Waals surface area contributed by atoms with Crippen LogP contribution < -0.4 is 10.1 Å². The van der Waals surface area contributed by atoms with Gasteiger partial charge >= 0.3 is 0 Å². The Morgan fingerprint density at radius 3 is 2.57 bits per heavy atom. The van der Waals surface area contributed by atoms with E-state index in [1.807, 2.05) is 11.3 Å². The van der Waals surface area contributed by atoms with Gasteiger partial charge in [-0.2, -0.15) is 0 Å². The van der Waals surface area contributed by atoms with E-state index in [9.17, 15) is 0 Å². The standard InChI is InChI=1S/C18H25NOS/c1-3-10-19-14-16(13-18-5-4-11-21-18)12-15-6-8-17(20-2)9-7-15/h4-9,11,16,19H,3,10,12-14H2,1-2H3. The predicted octanol–water partition coefficient (Wildman–Crippen LogP) is 4.16. The van der Waals surface area contributed by atoms with Gasteiger partial charge in [-0.3, -0.25) is 0 Å².